The van der Waals surface area contributed by atoms with Crippen LogP contribution in [-0.2, 0) is 22.9 Å². The lowest BCUT2D eigenvalue weighted by Gasteiger charge is -2.21. The smallest absolute Gasteiger partial charge is 0.387 e. The van der Waals surface area contributed by atoms with E-state index in [0.717, 1.165) is 11.8 Å². The van der Waals surface area contributed by atoms with Crippen molar-refractivity contribution in [2.24, 2.45) is 0 Å². The highest BCUT2D eigenvalue weighted by Crippen LogP contribution is 2.34. The van der Waals surface area contributed by atoms with Crippen molar-refractivity contribution in [3.8, 4) is 11.5 Å². The van der Waals surface area contributed by atoms with Gasteiger partial charge >= 0.3 is 6.61 Å². The maximum absolute atomic E-state index is 12.6. The van der Waals surface area contributed by atoms with Gasteiger partial charge in [-0.3, -0.25) is 9.10 Å². The van der Waals surface area contributed by atoms with Gasteiger partial charge in [0.15, 0.2) is 11.5 Å². The number of carbonyl (C=O) groups excluding carboxylic acids is 1. The minimum Gasteiger partial charge on any atom is -0.493 e. The number of ether oxygens (including phenoxy) is 2. The Morgan fingerprint density at radius 2 is 1.97 bits per heavy atom. The summed E-state index contributed by atoms with van der Waals surface area (Å²) in [6.07, 6.45) is 2.09. The Morgan fingerprint density at radius 3 is 2.61 bits per heavy atom. The van der Waals surface area contributed by atoms with Crippen molar-refractivity contribution in [2.45, 2.75) is 32.4 Å². The highest BCUT2D eigenvalue weighted by Gasteiger charge is 2.32. The maximum Gasteiger partial charge on any atom is 0.387 e. The molecule has 1 atom stereocenters. The van der Waals surface area contributed by atoms with Crippen LogP contribution < -0.4 is 19.1 Å². The van der Waals surface area contributed by atoms with Crippen LogP contribution >= 0.6 is 0 Å². The molecular weight excluding hydrogens is 430 g/mol. The number of fused-ring (bicyclic) bond motifs is 1. The van der Waals surface area contributed by atoms with E-state index in [9.17, 15) is 22.0 Å². The Hall–Kier alpha value is -2.88. The molecule has 0 aromatic heterocycles. The summed E-state index contributed by atoms with van der Waals surface area (Å²) < 4.78 is 60.0. The van der Waals surface area contributed by atoms with Gasteiger partial charge < -0.3 is 14.8 Å². The molecule has 1 N–H and O–H groups in total. The molecule has 0 aliphatic carbocycles. The summed E-state index contributed by atoms with van der Waals surface area (Å²) >= 11 is 0. The summed E-state index contributed by atoms with van der Waals surface area (Å²) in [5.41, 5.74) is 2.52. The SMILES string of the molecule is COc1ccc(CCNC(=O)c2ccc3c(c2)CC(C)N3S(C)(=O)=O)cc1OC(F)F. The van der Waals surface area contributed by atoms with Crippen LogP contribution in [0.5, 0.6) is 11.5 Å². The van der Waals surface area contributed by atoms with Gasteiger partial charge in [0.05, 0.1) is 19.1 Å². The molecule has 168 valence electrons. The van der Waals surface area contributed by atoms with Crippen LogP contribution in [-0.4, -0.2) is 46.9 Å². The molecule has 1 heterocycles. The summed E-state index contributed by atoms with van der Waals surface area (Å²) in [4.78, 5) is 12.5. The molecule has 2 aromatic carbocycles. The minimum absolute atomic E-state index is 0.0653. The lowest BCUT2D eigenvalue weighted by Crippen LogP contribution is -2.34. The van der Waals surface area contributed by atoms with Crippen LogP contribution in [0.1, 0.15) is 28.4 Å². The molecule has 0 fully saturated rings. The third-order valence-electron chi connectivity index (χ3n) is 5.00. The van der Waals surface area contributed by atoms with Crippen LogP contribution in [0.15, 0.2) is 36.4 Å². The third-order valence-corrected chi connectivity index (χ3v) is 6.27. The van der Waals surface area contributed by atoms with Gasteiger partial charge in [0.1, 0.15) is 0 Å². The number of nitrogens with zero attached hydrogens (tertiary/aromatic N) is 1. The zero-order valence-electron chi connectivity index (χ0n) is 17.4. The maximum atomic E-state index is 12.6. The summed E-state index contributed by atoms with van der Waals surface area (Å²) in [7, 11) is -2.03. The second kappa shape index (κ2) is 9.09. The second-order valence-electron chi connectivity index (χ2n) is 7.33. The number of alkyl halides is 2. The van der Waals surface area contributed by atoms with E-state index in [4.69, 9.17) is 4.74 Å². The third kappa shape index (κ3) is 5.25. The fourth-order valence-electron chi connectivity index (χ4n) is 3.74. The number of anilines is 1. The molecule has 0 saturated heterocycles. The molecule has 0 bridgehead atoms. The van der Waals surface area contributed by atoms with E-state index < -0.39 is 16.6 Å². The standard InChI is InChI=1S/C21H24F2N2O5S/c1-13-10-16-12-15(5-6-17(16)25(13)31(3,27)28)20(26)24-9-8-14-4-7-18(29-2)19(11-14)30-21(22)23/h4-7,11-13,21H,8-10H2,1-3H3,(H,24,26). The number of benzene rings is 2. The number of carbonyl (C=O) groups is 1. The van der Waals surface area contributed by atoms with Crippen molar-refractivity contribution in [1.29, 1.82) is 0 Å². The summed E-state index contributed by atoms with van der Waals surface area (Å²) in [5, 5.41) is 2.79. The normalized spacial score (nSPS) is 15.7. The fourth-order valence-corrected chi connectivity index (χ4v) is 5.00. The number of amides is 1. The Morgan fingerprint density at radius 1 is 1.23 bits per heavy atom. The van der Waals surface area contributed by atoms with E-state index >= 15 is 0 Å². The molecule has 10 heteroatoms. The quantitative estimate of drug-likeness (QED) is 0.663. The van der Waals surface area contributed by atoms with Crippen molar-refractivity contribution >= 4 is 21.6 Å². The molecule has 1 amide bonds. The summed E-state index contributed by atoms with van der Waals surface area (Å²) in [6.45, 7) is -0.867. The summed E-state index contributed by atoms with van der Waals surface area (Å²) in [6, 6.07) is 9.42. The van der Waals surface area contributed by atoms with Gasteiger partial charge in [0.25, 0.3) is 5.91 Å². The topological polar surface area (TPSA) is 84.9 Å². The Labute approximate surface area is 180 Å². The van der Waals surface area contributed by atoms with Gasteiger partial charge in [-0.2, -0.15) is 8.78 Å². The van der Waals surface area contributed by atoms with Crippen molar-refractivity contribution in [3.05, 3.63) is 53.1 Å². The van der Waals surface area contributed by atoms with Gasteiger partial charge in [-0.15, -0.1) is 0 Å². The van der Waals surface area contributed by atoms with E-state index in [2.05, 4.69) is 10.1 Å². The number of rotatable bonds is 8. The van der Waals surface area contributed by atoms with Crippen molar-refractivity contribution in [2.75, 3.05) is 24.2 Å². The molecule has 1 aliphatic rings. The van der Waals surface area contributed by atoms with Crippen LogP contribution in [0.2, 0.25) is 0 Å². The average Bonchev–Trinajstić information content (AvgIpc) is 3.02. The van der Waals surface area contributed by atoms with Crippen LogP contribution in [0, 0.1) is 0 Å². The predicted octanol–water partition coefficient (Wildman–Crippen LogP) is 2.98. The first-order chi connectivity index (χ1) is 14.6. The minimum atomic E-state index is -3.39. The Kier molecular flexibility index (Phi) is 6.68. The largest absolute Gasteiger partial charge is 0.493 e. The zero-order chi connectivity index (χ0) is 22.8. The average molecular weight is 454 g/mol. The van der Waals surface area contributed by atoms with Crippen LogP contribution in [0.25, 0.3) is 0 Å². The second-order valence-corrected chi connectivity index (χ2v) is 9.18. The van der Waals surface area contributed by atoms with Crippen molar-refractivity contribution < 1.29 is 31.5 Å². The number of nitrogens with one attached hydrogen (secondary N) is 1. The Bertz CT molecular complexity index is 1080. The lowest BCUT2D eigenvalue weighted by molar-refractivity contribution is -0.0512. The van der Waals surface area contributed by atoms with Crippen molar-refractivity contribution in [1.82, 2.24) is 5.32 Å². The first-order valence-corrected chi connectivity index (χ1v) is 11.5. The van der Waals surface area contributed by atoms with E-state index in [0.29, 0.717) is 29.7 Å². The van der Waals surface area contributed by atoms with E-state index in [1.807, 2.05) is 6.92 Å². The highest BCUT2D eigenvalue weighted by atomic mass is 32.2. The predicted molar refractivity (Wildman–Crippen MR) is 113 cm³/mol. The molecule has 0 spiro atoms. The number of hydrogen-bond donors (Lipinski definition) is 1. The molecule has 2 aromatic rings. The first-order valence-electron chi connectivity index (χ1n) is 9.62. The Balaban J connectivity index is 1.64. The van der Waals surface area contributed by atoms with E-state index in [1.165, 1.54) is 23.5 Å². The molecule has 1 aliphatic heterocycles. The van der Waals surface area contributed by atoms with E-state index in [-0.39, 0.29) is 30.0 Å². The van der Waals surface area contributed by atoms with E-state index in [1.54, 1.807) is 24.3 Å². The van der Waals surface area contributed by atoms with Gasteiger partial charge in [0.2, 0.25) is 10.0 Å². The molecule has 0 radical (unpaired) electrons. The molecule has 31 heavy (non-hydrogen) atoms. The molecule has 7 nitrogen and oxygen atoms in total. The zero-order valence-corrected chi connectivity index (χ0v) is 18.2. The fraction of sp³-hybridized carbons (Fsp3) is 0.381. The molecule has 0 saturated carbocycles. The highest BCUT2D eigenvalue weighted by molar-refractivity contribution is 7.92. The van der Waals surface area contributed by atoms with Gasteiger partial charge in [-0.1, -0.05) is 6.07 Å². The van der Waals surface area contributed by atoms with Crippen molar-refractivity contribution in [3.63, 3.8) is 0 Å². The summed E-state index contributed by atoms with van der Waals surface area (Å²) in [5.74, 6) is -0.168. The van der Waals surface area contributed by atoms with Crippen LogP contribution in [0.4, 0.5) is 14.5 Å². The van der Waals surface area contributed by atoms with Gasteiger partial charge in [-0.05, 0) is 61.2 Å². The number of hydrogen-bond acceptors (Lipinski definition) is 5. The monoisotopic (exact) mass is 454 g/mol. The number of sulfonamides is 1. The first kappa shape index (κ1) is 22.8. The lowest BCUT2D eigenvalue weighted by atomic mass is 10.1. The van der Waals surface area contributed by atoms with Crippen LogP contribution in [0.3, 0.4) is 0 Å². The molecular formula is C21H24F2N2O5S. The number of halogens is 2. The van der Waals surface area contributed by atoms with Gasteiger partial charge in [-0.25, -0.2) is 8.42 Å². The van der Waals surface area contributed by atoms with Gasteiger partial charge in [0, 0.05) is 18.2 Å². The molecule has 3 rings (SSSR count). The molecule has 1 unspecified atom stereocenters. The number of methoxy groups -OCH3 is 1.